The summed E-state index contributed by atoms with van der Waals surface area (Å²) in [6.45, 7) is 6.81. The molecule has 0 saturated carbocycles. The summed E-state index contributed by atoms with van der Waals surface area (Å²) >= 11 is 0. The Hall–Kier alpha value is -5.95. The van der Waals surface area contributed by atoms with Crippen LogP contribution >= 0.6 is 0 Å². The van der Waals surface area contributed by atoms with E-state index in [0.29, 0.717) is 73.9 Å². The lowest BCUT2D eigenvalue weighted by atomic mass is 10.0. The van der Waals surface area contributed by atoms with Gasteiger partial charge in [0.2, 0.25) is 11.9 Å². The Kier molecular flexibility index (Phi) is 10.6. The van der Waals surface area contributed by atoms with Crippen LogP contribution in [0.15, 0.2) is 102 Å². The van der Waals surface area contributed by atoms with Crippen molar-refractivity contribution in [1.29, 1.82) is 0 Å². The molecule has 13 nitrogen and oxygen atoms in total. The van der Waals surface area contributed by atoms with Crippen molar-refractivity contribution < 1.29 is 14.3 Å². The van der Waals surface area contributed by atoms with Crippen molar-refractivity contribution in [2.75, 3.05) is 53.7 Å². The van der Waals surface area contributed by atoms with E-state index in [1.807, 2.05) is 60.7 Å². The number of morpholine rings is 1. The lowest BCUT2D eigenvalue weighted by Crippen LogP contribution is -2.37. The number of ether oxygens (including phenoxy) is 1. The summed E-state index contributed by atoms with van der Waals surface area (Å²) in [6.07, 6.45) is 7.97. The quantitative estimate of drug-likeness (QED) is 0.112. The van der Waals surface area contributed by atoms with Crippen molar-refractivity contribution in [1.82, 2.24) is 20.3 Å². The molecule has 4 N–H and O–H groups in total. The Morgan fingerprint density at radius 3 is 2.16 bits per heavy atom. The van der Waals surface area contributed by atoms with Crippen LogP contribution in [0.3, 0.4) is 0 Å². The molecule has 250 valence electrons. The highest BCUT2D eigenvalue weighted by Crippen LogP contribution is 2.36. The Labute approximate surface area is 284 Å². The number of nitrogens with zero attached hydrogens (tertiary/aromatic N) is 6. The van der Waals surface area contributed by atoms with Gasteiger partial charge in [0.1, 0.15) is 0 Å². The van der Waals surface area contributed by atoms with Crippen molar-refractivity contribution in [3.05, 3.63) is 108 Å². The SMILES string of the molecule is C=CCCC1(CCNC(=O)c2ccc(NC(=O)Nc3ccc(Nc4nc(/C=C/c5ccccc5)nc(N5CCOCC5)n4)cc3)cc2)N=N1. The van der Waals surface area contributed by atoms with E-state index in [2.05, 4.69) is 57.9 Å². The third kappa shape index (κ3) is 9.55. The van der Waals surface area contributed by atoms with Gasteiger partial charge in [0, 0.05) is 48.7 Å². The zero-order valence-electron chi connectivity index (χ0n) is 27.0. The van der Waals surface area contributed by atoms with Crippen LogP contribution < -0.4 is 26.2 Å². The van der Waals surface area contributed by atoms with Crippen LogP contribution in [0.4, 0.5) is 33.8 Å². The van der Waals surface area contributed by atoms with Gasteiger partial charge in [-0.05, 0) is 73.0 Å². The molecule has 0 spiro atoms. The molecule has 6 rings (SSSR count). The van der Waals surface area contributed by atoms with E-state index in [1.165, 1.54) is 0 Å². The molecule has 2 aliphatic rings. The minimum absolute atomic E-state index is 0.196. The summed E-state index contributed by atoms with van der Waals surface area (Å²) in [7, 11) is 0. The second-order valence-corrected chi connectivity index (χ2v) is 11.5. The molecule has 2 aliphatic heterocycles. The maximum atomic E-state index is 12.7. The molecule has 0 unspecified atom stereocenters. The number of hydrogen-bond donors (Lipinski definition) is 4. The molecule has 49 heavy (non-hydrogen) atoms. The number of rotatable bonds is 14. The first-order valence-corrected chi connectivity index (χ1v) is 16.2. The third-order valence-electron chi connectivity index (χ3n) is 7.91. The Morgan fingerprint density at radius 2 is 1.49 bits per heavy atom. The van der Waals surface area contributed by atoms with Gasteiger partial charge in [-0.1, -0.05) is 42.5 Å². The predicted octanol–water partition coefficient (Wildman–Crippen LogP) is 6.51. The number of hydrogen-bond acceptors (Lipinski definition) is 10. The Bertz CT molecular complexity index is 1800. The largest absolute Gasteiger partial charge is 0.378 e. The minimum Gasteiger partial charge on any atom is -0.378 e. The molecule has 0 radical (unpaired) electrons. The number of nitrogens with one attached hydrogen (secondary N) is 4. The summed E-state index contributed by atoms with van der Waals surface area (Å²) in [5.41, 5.74) is 3.05. The molecule has 13 heteroatoms. The number of allylic oxidation sites excluding steroid dienone is 1. The van der Waals surface area contributed by atoms with E-state index in [1.54, 1.807) is 36.4 Å². The number of amides is 3. The summed E-state index contributed by atoms with van der Waals surface area (Å²) in [6, 6.07) is 23.4. The van der Waals surface area contributed by atoms with E-state index in [-0.39, 0.29) is 11.6 Å². The van der Waals surface area contributed by atoms with E-state index in [4.69, 9.17) is 4.74 Å². The molecular weight excluding hydrogens is 620 g/mol. The number of anilines is 5. The van der Waals surface area contributed by atoms with Gasteiger partial charge in [0.25, 0.3) is 5.91 Å². The zero-order chi connectivity index (χ0) is 33.9. The van der Waals surface area contributed by atoms with Crippen molar-refractivity contribution in [3.63, 3.8) is 0 Å². The average molecular weight is 659 g/mol. The monoisotopic (exact) mass is 658 g/mol. The normalized spacial score (nSPS) is 14.7. The van der Waals surface area contributed by atoms with Crippen molar-refractivity contribution in [3.8, 4) is 0 Å². The molecule has 1 fully saturated rings. The summed E-state index contributed by atoms with van der Waals surface area (Å²) in [5.74, 6) is 1.31. The fourth-order valence-corrected chi connectivity index (χ4v) is 5.12. The molecule has 1 aromatic heterocycles. The second-order valence-electron chi connectivity index (χ2n) is 11.5. The number of benzene rings is 3. The lowest BCUT2D eigenvalue weighted by molar-refractivity contribution is 0.0952. The lowest BCUT2D eigenvalue weighted by Gasteiger charge is -2.27. The first-order valence-electron chi connectivity index (χ1n) is 16.2. The minimum atomic E-state index is -0.415. The summed E-state index contributed by atoms with van der Waals surface area (Å²) < 4.78 is 5.50. The van der Waals surface area contributed by atoms with E-state index >= 15 is 0 Å². The van der Waals surface area contributed by atoms with Crippen LogP contribution in [0.2, 0.25) is 0 Å². The molecule has 3 aromatic carbocycles. The van der Waals surface area contributed by atoms with Crippen LogP contribution in [-0.4, -0.2) is 65.4 Å². The maximum Gasteiger partial charge on any atom is 0.323 e. The van der Waals surface area contributed by atoms with Gasteiger partial charge in [-0.3, -0.25) is 4.79 Å². The van der Waals surface area contributed by atoms with Crippen molar-refractivity contribution >= 4 is 53.0 Å². The molecule has 0 atom stereocenters. The first-order chi connectivity index (χ1) is 24.0. The topological polar surface area (TPSA) is 158 Å². The molecule has 0 aliphatic carbocycles. The van der Waals surface area contributed by atoms with Crippen LogP contribution in [0.1, 0.15) is 41.0 Å². The fraction of sp³-hybridized carbons (Fsp3) is 0.250. The number of carbonyl (C=O) groups is 2. The van der Waals surface area contributed by atoms with Gasteiger partial charge in [0.05, 0.1) is 13.2 Å². The highest BCUT2D eigenvalue weighted by molar-refractivity contribution is 6.00. The Balaban J connectivity index is 1.02. The summed E-state index contributed by atoms with van der Waals surface area (Å²) in [4.78, 5) is 41.3. The highest BCUT2D eigenvalue weighted by Gasteiger charge is 2.38. The molecule has 1 saturated heterocycles. The second kappa shape index (κ2) is 15.8. The molecule has 4 aromatic rings. The van der Waals surface area contributed by atoms with Crippen LogP contribution in [0.25, 0.3) is 12.2 Å². The zero-order valence-corrected chi connectivity index (χ0v) is 27.0. The van der Waals surface area contributed by atoms with Crippen LogP contribution in [0.5, 0.6) is 0 Å². The molecular formula is C36H38N10O3. The molecule has 3 amide bonds. The Morgan fingerprint density at radius 1 is 0.816 bits per heavy atom. The fourth-order valence-electron chi connectivity index (χ4n) is 5.12. The van der Waals surface area contributed by atoms with Crippen molar-refractivity contribution in [2.24, 2.45) is 10.2 Å². The number of carbonyl (C=O) groups excluding carboxylic acids is 2. The number of urea groups is 1. The highest BCUT2D eigenvalue weighted by atomic mass is 16.5. The van der Waals surface area contributed by atoms with Gasteiger partial charge in [0.15, 0.2) is 11.5 Å². The summed E-state index contributed by atoms with van der Waals surface area (Å²) in [5, 5.41) is 20.0. The van der Waals surface area contributed by atoms with Crippen LogP contribution in [0, 0.1) is 0 Å². The maximum absolute atomic E-state index is 12.7. The van der Waals surface area contributed by atoms with Crippen LogP contribution in [-0.2, 0) is 4.74 Å². The predicted molar refractivity (Wildman–Crippen MR) is 191 cm³/mol. The first kappa shape index (κ1) is 33.0. The van der Waals surface area contributed by atoms with E-state index in [0.717, 1.165) is 24.1 Å². The van der Waals surface area contributed by atoms with Crippen molar-refractivity contribution in [2.45, 2.75) is 24.9 Å². The van der Waals surface area contributed by atoms with E-state index in [9.17, 15) is 9.59 Å². The van der Waals surface area contributed by atoms with Gasteiger partial charge in [-0.2, -0.15) is 25.2 Å². The van der Waals surface area contributed by atoms with Gasteiger partial charge in [-0.15, -0.1) is 6.58 Å². The van der Waals surface area contributed by atoms with Gasteiger partial charge < -0.3 is 30.9 Å². The van der Waals surface area contributed by atoms with Gasteiger partial charge in [-0.25, -0.2) is 4.79 Å². The number of aromatic nitrogens is 3. The third-order valence-corrected chi connectivity index (χ3v) is 7.91. The smallest absolute Gasteiger partial charge is 0.323 e. The molecule has 3 heterocycles. The molecule has 0 bridgehead atoms. The van der Waals surface area contributed by atoms with E-state index < -0.39 is 6.03 Å². The standard InChI is InChI=1S/C36H38N10O3/c1-2-3-19-36(44-45-36)20-21-37-32(47)27-10-12-29(13-11-27)39-35(48)40-30-16-14-28(15-17-30)38-33-41-31(18-9-26-7-5-4-6-8-26)42-34(43-33)46-22-24-49-25-23-46/h2,4-18H,1,3,19-25H2,(H,37,47)(H2,39,40,48)(H,38,41,42,43)/b18-9+. The average Bonchev–Trinajstić information content (AvgIpc) is 3.91. The van der Waals surface area contributed by atoms with Gasteiger partial charge >= 0.3 is 6.03 Å².